The standard InChI is InChI=1S/C13H9.C7H9.C3H6.2ClH.Ti/c1-3-7-12-10(5-1)9-11-6-2-4-8-13(11)12;1-6-3-4-7(2)5-6;1-3-2;;;/h1-9H;3-4,6H,1-2H3;1-2H3;2*1H;. The quantitative estimate of drug-likeness (QED) is 0.463. The second-order valence-electron chi connectivity index (χ2n) is 7.27. The van der Waals surface area contributed by atoms with E-state index in [0.717, 1.165) is 0 Å². The number of rotatable bonds is 2. The summed E-state index contributed by atoms with van der Waals surface area (Å²) in [5.74, 6) is 0.606. The number of hydrogen-bond acceptors (Lipinski definition) is 0. The third-order valence-electron chi connectivity index (χ3n) is 5.47. The third kappa shape index (κ3) is 3.34. The van der Waals surface area contributed by atoms with Gasteiger partial charge in [0, 0.05) is 0 Å². The molecule has 2 aromatic rings. The van der Waals surface area contributed by atoms with Crippen molar-refractivity contribution in [2.45, 2.75) is 31.9 Å². The molecule has 1 atom stereocenters. The number of fused-ring (bicyclic) bond motifs is 3. The maximum absolute atomic E-state index is 2.40. The average Bonchev–Trinajstić information content (AvgIpc) is 3.08. The summed E-state index contributed by atoms with van der Waals surface area (Å²) in [4.78, 5) is 0. The van der Waals surface area contributed by atoms with Crippen molar-refractivity contribution in [3.05, 3.63) is 81.3 Å². The van der Waals surface area contributed by atoms with Crippen LogP contribution in [-0.4, -0.2) is 3.81 Å². The minimum absolute atomic E-state index is 0. The molecule has 0 bridgehead atoms. The van der Waals surface area contributed by atoms with E-state index in [-0.39, 0.29) is 24.8 Å². The molecule has 0 fully saturated rings. The van der Waals surface area contributed by atoms with Crippen molar-refractivity contribution in [3.63, 3.8) is 0 Å². The van der Waals surface area contributed by atoms with E-state index in [1.54, 1.807) is 18.8 Å². The van der Waals surface area contributed by atoms with Crippen LogP contribution in [0, 0.1) is 5.92 Å². The minimum atomic E-state index is -1.62. The summed E-state index contributed by atoms with van der Waals surface area (Å²) in [6.45, 7) is 9.46. The van der Waals surface area contributed by atoms with E-state index >= 15 is 0 Å². The SMILES string of the molecule is CC1=[C]([Ti](=[C](C)C)[CH]2c3ccccc3-c3ccccc32)C(C)C=C1.Cl.Cl. The van der Waals surface area contributed by atoms with Crippen molar-refractivity contribution < 1.29 is 17.4 Å². The molecule has 3 heteroatoms. The molecule has 0 radical (unpaired) electrons. The van der Waals surface area contributed by atoms with E-state index in [4.69, 9.17) is 0 Å². The van der Waals surface area contributed by atoms with Gasteiger partial charge in [-0.1, -0.05) is 0 Å². The van der Waals surface area contributed by atoms with Gasteiger partial charge >= 0.3 is 151 Å². The van der Waals surface area contributed by atoms with E-state index in [2.05, 4.69) is 88.4 Å². The zero-order valence-electron chi connectivity index (χ0n) is 15.7. The molecule has 2 aliphatic rings. The van der Waals surface area contributed by atoms with Crippen LogP contribution < -0.4 is 0 Å². The Balaban J connectivity index is 0.00000121. The fourth-order valence-electron chi connectivity index (χ4n) is 4.47. The van der Waals surface area contributed by atoms with Gasteiger partial charge in [0.05, 0.1) is 0 Å². The molecule has 0 saturated carbocycles. The van der Waals surface area contributed by atoms with Crippen LogP contribution in [0.4, 0.5) is 0 Å². The van der Waals surface area contributed by atoms with Gasteiger partial charge in [-0.3, -0.25) is 0 Å². The topological polar surface area (TPSA) is 0 Å². The molecule has 2 aromatic carbocycles. The molecule has 0 aromatic heterocycles. The Morgan fingerprint density at radius 2 is 1.35 bits per heavy atom. The monoisotopic (exact) mass is 420 g/mol. The Bertz CT molecular complexity index is 872. The fraction of sp³-hybridized carbons (Fsp3) is 0.261. The van der Waals surface area contributed by atoms with Crippen molar-refractivity contribution in [2.24, 2.45) is 5.92 Å². The van der Waals surface area contributed by atoms with Crippen molar-refractivity contribution in [3.8, 4) is 11.1 Å². The van der Waals surface area contributed by atoms with Crippen LogP contribution in [-0.2, 0) is 17.4 Å². The van der Waals surface area contributed by atoms with Gasteiger partial charge in [0.1, 0.15) is 0 Å². The molecule has 0 N–H and O–H groups in total. The van der Waals surface area contributed by atoms with Gasteiger partial charge in [0.2, 0.25) is 0 Å². The zero-order chi connectivity index (χ0) is 16.8. The largest absolute Gasteiger partial charge is 0.147 e. The number of hydrogen-bond donors (Lipinski definition) is 0. The molecular weight excluding hydrogens is 395 g/mol. The first-order valence-corrected chi connectivity index (χ1v) is 11.3. The second-order valence-corrected chi connectivity index (χ2v) is 11.9. The molecule has 0 nitrogen and oxygen atoms in total. The minimum Gasteiger partial charge on any atom is -0.147 e. The third-order valence-corrected chi connectivity index (χ3v) is 11.3. The van der Waals surface area contributed by atoms with Gasteiger partial charge in [-0.05, 0) is 0 Å². The van der Waals surface area contributed by atoms with Crippen LogP contribution in [0.1, 0.15) is 43.0 Å². The molecule has 0 spiro atoms. The molecular formula is C23H26Cl2Ti. The molecule has 0 aliphatic heterocycles. The maximum atomic E-state index is 2.40. The Morgan fingerprint density at radius 1 is 0.846 bits per heavy atom. The molecule has 0 amide bonds. The van der Waals surface area contributed by atoms with Gasteiger partial charge in [0.15, 0.2) is 0 Å². The molecule has 0 heterocycles. The molecule has 2 aliphatic carbocycles. The summed E-state index contributed by atoms with van der Waals surface area (Å²) in [6.07, 6.45) is 4.75. The van der Waals surface area contributed by atoms with Crippen molar-refractivity contribution >= 4 is 28.6 Å². The van der Waals surface area contributed by atoms with E-state index in [1.165, 1.54) is 16.7 Å². The molecule has 1 unspecified atom stereocenters. The fourth-order valence-corrected chi connectivity index (χ4v) is 10.2. The van der Waals surface area contributed by atoms with Gasteiger partial charge < -0.3 is 0 Å². The van der Waals surface area contributed by atoms with Crippen LogP contribution in [0.3, 0.4) is 0 Å². The first-order chi connectivity index (χ1) is 11.6. The van der Waals surface area contributed by atoms with Gasteiger partial charge in [0.25, 0.3) is 0 Å². The Morgan fingerprint density at radius 3 is 1.77 bits per heavy atom. The predicted octanol–water partition coefficient (Wildman–Crippen LogP) is 6.91. The summed E-state index contributed by atoms with van der Waals surface area (Å²) < 4.78 is 4.05. The van der Waals surface area contributed by atoms with Crippen LogP contribution in [0.15, 0.2) is 70.1 Å². The molecule has 26 heavy (non-hydrogen) atoms. The predicted molar refractivity (Wildman–Crippen MR) is 116 cm³/mol. The van der Waals surface area contributed by atoms with Gasteiger partial charge in [-0.15, -0.1) is 24.8 Å². The van der Waals surface area contributed by atoms with Crippen LogP contribution in [0.5, 0.6) is 0 Å². The molecule has 0 saturated heterocycles. The first kappa shape index (κ1) is 21.4. The molecule has 136 valence electrons. The Labute approximate surface area is 175 Å². The van der Waals surface area contributed by atoms with Crippen molar-refractivity contribution in [2.75, 3.05) is 0 Å². The second kappa shape index (κ2) is 8.40. The summed E-state index contributed by atoms with van der Waals surface area (Å²) in [5.41, 5.74) is 7.58. The Kier molecular flexibility index (Phi) is 6.91. The summed E-state index contributed by atoms with van der Waals surface area (Å²) >= 11 is -1.62. The van der Waals surface area contributed by atoms with E-state index in [9.17, 15) is 0 Å². The van der Waals surface area contributed by atoms with Gasteiger partial charge in [-0.25, -0.2) is 0 Å². The Hall–Kier alpha value is -0.916. The smallest absolute Gasteiger partial charge is 0.147 e. The van der Waals surface area contributed by atoms with Crippen LogP contribution >= 0.6 is 24.8 Å². The average molecular weight is 421 g/mol. The van der Waals surface area contributed by atoms with Crippen molar-refractivity contribution in [1.29, 1.82) is 0 Å². The van der Waals surface area contributed by atoms with E-state index in [0.29, 0.717) is 10.1 Å². The van der Waals surface area contributed by atoms with Crippen LogP contribution in [0.2, 0.25) is 0 Å². The van der Waals surface area contributed by atoms with Gasteiger partial charge in [-0.2, -0.15) is 0 Å². The summed E-state index contributed by atoms with van der Waals surface area (Å²) in [7, 11) is 0. The summed E-state index contributed by atoms with van der Waals surface area (Å²) in [6, 6.07) is 18.2. The number of benzene rings is 2. The van der Waals surface area contributed by atoms with E-state index < -0.39 is 17.4 Å². The summed E-state index contributed by atoms with van der Waals surface area (Å²) in [5, 5.41) is 0. The normalized spacial score (nSPS) is 17.3. The number of halogens is 2. The first-order valence-electron chi connectivity index (χ1n) is 8.84. The zero-order valence-corrected chi connectivity index (χ0v) is 18.9. The van der Waals surface area contributed by atoms with Crippen molar-refractivity contribution in [1.82, 2.24) is 0 Å². The van der Waals surface area contributed by atoms with E-state index in [1.807, 2.05) is 0 Å². The molecule has 4 rings (SSSR count). The van der Waals surface area contributed by atoms with Crippen LogP contribution in [0.25, 0.3) is 11.1 Å². The maximum Gasteiger partial charge on any atom is -0.147 e. The number of allylic oxidation sites excluding steroid dienone is 4.